The first-order valence-electron chi connectivity index (χ1n) is 47.3. The van der Waals surface area contributed by atoms with E-state index in [0.29, 0.717) is 96.5 Å². The van der Waals surface area contributed by atoms with Gasteiger partial charge in [-0.15, -0.1) is 0 Å². The highest BCUT2D eigenvalue weighted by atomic mass is 35.5. The maximum atomic E-state index is 15.8. The Kier molecular flexibility index (Phi) is 30.5. The average Bonchev–Trinajstić information content (AvgIpc) is 1.56. The third kappa shape index (κ3) is 21.3. The second-order valence-electron chi connectivity index (χ2n) is 41.9. The van der Waals surface area contributed by atoms with Crippen LogP contribution in [0.3, 0.4) is 0 Å². The molecular formula is C100H112Cl8F4N12O19Si2. The molecule has 0 aliphatic carbocycles. The standard InChI is InChI=1S/C28H36Cl2FN3O5Si.C28H34Cl2FN3O5Si.C22H22Cl2FN3O5.C22H20Cl2FN3O4/c2*1-27(2,3)40(6,7)36-13-19(31)18-12-15(29)8-9-16(18)20(35)21-22-23(39-28(4,5)38-22)26(37-21)34-11-10-17-24(30)32-14-33-25(17)34;1-22(2)32-17-16(15(30)11-4-3-10(23)7-13(11)14(25)8-29)31-21(18(17)33-22)28-6-5-12-19(24)26-9-27-20(12)28;1-22(2)31-17-16(15-11-4-3-10(23)7-13(11)14(25)8-29-15)30-21(18(17)32-22)28-6-5-12-19(24)26-9-27-20(12)28/h8-12,14,19-23,26,35H,13H2,1-7H3;8-12,14,19,21-23,26H,13H2,1-7H3;3-7,9,14-18,21,29-30H,8H2,1-2H3;3-7,9,14-18,21H,8H2,1-2H3/t19-,20+,21-,22+,23+,26+;19-,21-,22+,23+,26+;14-,15+,16-,17+,18+,21+;14-,15-,16+,17-,18-,21-/m0001/s1. The SMILES string of the molecule is CC1(C)O[C@@H]2[C@H](O1)[C@H](C(=O)c1ccc(Cl)cc1[C@@H](F)CO[Si](C)(C)C(C)(C)C)O[C@H]2n1ccc2c(Cl)ncnc21.CC1(C)O[C@@H]2[C@H]([C@@H]3OC[C@@H](F)c4cc(Cl)ccc43)O[C@@H](n3ccc4c(Cl)ncnc43)[C@@H]2O1.CC1(C)O[C@@H]2[C@H]([C@H](O)c3ccc(Cl)cc3[C@@H](F)CO)O[C@@H](n3ccc4c(Cl)ncnc43)[C@@H]2O1.CC1(C)O[C@@H]2[C@H]([C@H](O)c3ccc(Cl)cc3[C@@H](F)CO[Si](C)(C)C(C)(C)C)O[C@@H](n3ccc4c(Cl)ncnc43)[C@@H]2O1. The molecule has 3 N–H and O–H groups in total. The predicted molar refractivity (Wildman–Crippen MR) is 539 cm³/mol. The monoisotopic (exact) mass is 2200 g/mol. The largest absolute Gasteiger partial charge is 0.414 e. The second-order valence-corrected chi connectivity index (χ2v) is 54.7. The highest BCUT2D eigenvalue weighted by Crippen LogP contribution is 2.56. The molecule has 21 rings (SSSR count). The van der Waals surface area contributed by atoms with Crippen LogP contribution >= 0.6 is 92.8 Å². The Morgan fingerprint density at radius 2 is 0.745 bits per heavy atom. The zero-order valence-corrected chi connectivity index (χ0v) is 90.3. The van der Waals surface area contributed by atoms with E-state index in [1.165, 1.54) is 55.6 Å². The molecule has 9 aliphatic heterocycles. The number of nitrogens with zero attached hydrogens (tertiary/aromatic N) is 12. The maximum Gasteiger partial charge on any atom is 0.194 e. The van der Waals surface area contributed by atoms with E-state index in [1.807, 2.05) is 44.5 Å². The fourth-order valence-electron chi connectivity index (χ4n) is 19.5. The number of Topliss-reactive ketones (excluding diaryl/α,β-unsaturated/α-hetero) is 1. The summed E-state index contributed by atoms with van der Waals surface area (Å²) >= 11 is 49.7. The molecular weight excluding hydrogens is 2090 g/mol. The lowest BCUT2D eigenvalue weighted by Crippen LogP contribution is -2.41. The van der Waals surface area contributed by atoms with Crippen LogP contribution in [0.2, 0.25) is 77.0 Å². The van der Waals surface area contributed by atoms with Crippen molar-refractivity contribution in [3.05, 3.63) is 232 Å². The van der Waals surface area contributed by atoms with E-state index in [-0.39, 0.29) is 62.7 Å². The van der Waals surface area contributed by atoms with Gasteiger partial charge in [-0.3, -0.25) is 4.79 Å². The first-order valence-corrected chi connectivity index (χ1v) is 56.1. The number of hydrogen-bond donors (Lipinski definition) is 3. The Hall–Kier alpha value is -7.22. The van der Waals surface area contributed by atoms with Gasteiger partial charge in [-0.25, -0.2) is 57.4 Å². The van der Waals surface area contributed by atoms with Crippen molar-refractivity contribution in [3.8, 4) is 0 Å². The second kappa shape index (κ2) is 41.1. The van der Waals surface area contributed by atoms with Crippen LogP contribution in [-0.4, -0.2) is 219 Å². The van der Waals surface area contributed by atoms with Gasteiger partial charge in [0.2, 0.25) is 0 Å². The van der Waals surface area contributed by atoms with E-state index in [4.69, 9.17) is 163 Å². The van der Waals surface area contributed by atoms with Crippen molar-refractivity contribution >= 4 is 159 Å². The van der Waals surface area contributed by atoms with Crippen LogP contribution in [0.5, 0.6) is 0 Å². The molecule has 0 spiro atoms. The summed E-state index contributed by atoms with van der Waals surface area (Å²) in [6, 6.07) is 26.2. The number of carbonyl (C=O) groups is 1. The number of hydrogen-bond acceptors (Lipinski definition) is 27. The minimum absolute atomic E-state index is 0.0739. The van der Waals surface area contributed by atoms with Gasteiger partial charge in [-0.2, -0.15) is 0 Å². The molecule has 8 aromatic heterocycles. The predicted octanol–water partition coefficient (Wildman–Crippen LogP) is 22.8. The number of halogens is 12. The number of aliphatic hydroxyl groups is 3. The van der Waals surface area contributed by atoms with Crippen molar-refractivity contribution in [2.45, 2.75) is 298 Å². The highest BCUT2D eigenvalue weighted by molar-refractivity contribution is 6.74. The van der Waals surface area contributed by atoms with E-state index >= 15 is 8.78 Å². The van der Waals surface area contributed by atoms with Gasteiger partial charge in [-0.1, -0.05) is 153 Å². The summed E-state index contributed by atoms with van der Waals surface area (Å²) in [6.45, 7) is 34.1. The molecule has 9 aliphatic rings. The first kappa shape index (κ1) is 108. The van der Waals surface area contributed by atoms with Crippen LogP contribution in [-0.2, 0) is 70.4 Å². The van der Waals surface area contributed by atoms with Crippen LogP contribution < -0.4 is 0 Å². The molecule has 145 heavy (non-hydrogen) atoms. The van der Waals surface area contributed by atoms with Gasteiger partial charge in [-0.05, 0) is 204 Å². The summed E-state index contributed by atoms with van der Waals surface area (Å²) in [5.74, 6) is -4.06. The van der Waals surface area contributed by atoms with Crippen molar-refractivity contribution in [2.75, 3.05) is 26.4 Å². The van der Waals surface area contributed by atoms with Crippen LogP contribution in [0.25, 0.3) is 44.1 Å². The molecule has 45 heteroatoms. The Balaban J connectivity index is 0.000000128. The Bertz CT molecular complexity index is 6830. The van der Waals surface area contributed by atoms with Gasteiger partial charge >= 0.3 is 0 Å². The molecule has 17 heterocycles. The summed E-state index contributed by atoms with van der Waals surface area (Å²) in [7, 11) is -4.43. The third-order valence-corrected chi connectivity index (χ3v) is 39.6. The number of ketones is 1. The minimum atomic E-state index is -2.23. The summed E-state index contributed by atoms with van der Waals surface area (Å²) < 4.78 is 161. The molecule has 8 fully saturated rings. The third-order valence-electron chi connectivity index (χ3n) is 28.4. The molecule has 0 amide bonds. The number of ether oxygens (including phenoxy) is 13. The lowest BCUT2D eigenvalue weighted by molar-refractivity contribution is -0.214. The zero-order chi connectivity index (χ0) is 104. The maximum absolute atomic E-state index is 15.8. The molecule has 0 saturated carbocycles. The smallest absolute Gasteiger partial charge is 0.194 e. The molecule has 8 saturated heterocycles. The van der Waals surface area contributed by atoms with Crippen molar-refractivity contribution in [2.24, 2.45) is 0 Å². The number of aromatic nitrogens is 12. The molecule has 12 aromatic rings. The summed E-state index contributed by atoms with van der Waals surface area (Å²) in [5.41, 5.74) is 4.75. The summed E-state index contributed by atoms with van der Waals surface area (Å²) in [4.78, 5) is 47.6. The van der Waals surface area contributed by atoms with Crippen molar-refractivity contribution < 1.29 is 108 Å². The van der Waals surface area contributed by atoms with Crippen LogP contribution in [0.1, 0.15) is 214 Å². The van der Waals surface area contributed by atoms with Crippen LogP contribution in [0, 0.1) is 0 Å². The molecule has 0 radical (unpaired) electrons. The summed E-state index contributed by atoms with van der Waals surface area (Å²) in [5, 5.41) is 37.6. The molecule has 778 valence electrons. The Morgan fingerprint density at radius 1 is 0.414 bits per heavy atom. The number of benzene rings is 4. The van der Waals surface area contributed by atoms with Crippen molar-refractivity contribution in [1.82, 2.24) is 58.1 Å². The van der Waals surface area contributed by atoms with Crippen LogP contribution in [0.15, 0.2) is 147 Å². The number of fused-ring (bicyclic) bond motifs is 9. The van der Waals surface area contributed by atoms with Gasteiger partial charge < -0.3 is 104 Å². The number of aliphatic hydroxyl groups excluding tert-OH is 3. The van der Waals surface area contributed by atoms with Crippen molar-refractivity contribution in [1.29, 1.82) is 0 Å². The van der Waals surface area contributed by atoms with E-state index in [9.17, 15) is 28.9 Å². The minimum Gasteiger partial charge on any atom is -0.414 e. The normalized spacial score (nSPS) is 28.0. The van der Waals surface area contributed by atoms with Gasteiger partial charge in [0.15, 0.2) is 76.6 Å². The Labute approximate surface area is 875 Å². The van der Waals surface area contributed by atoms with Crippen LogP contribution in [0.4, 0.5) is 17.6 Å². The Morgan fingerprint density at radius 3 is 1.15 bits per heavy atom. The van der Waals surface area contributed by atoms with E-state index in [1.54, 1.807) is 121 Å². The molecule has 4 aromatic carbocycles. The van der Waals surface area contributed by atoms with E-state index < -0.39 is 193 Å². The lowest BCUT2D eigenvalue weighted by atomic mass is 9.91. The van der Waals surface area contributed by atoms with Gasteiger partial charge in [0.1, 0.15) is 179 Å². The van der Waals surface area contributed by atoms with Crippen molar-refractivity contribution in [3.63, 3.8) is 0 Å². The molecule has 0 bridgehead atoms. The fraction of sp³-hybridized carbons (Fsp3) is 0.510. The highest BCUT2D eigenvalue weighted by Gasteiger charge is 2.64. The van der Waals surface area contributed by atoms with E-state index in [2.05, 4.69) is 108 Å². The molecule has 0 unspecified atom stereocenters. The topological polar surface area (TPSA) is 339 Å². The van der Waals surface area contributed by atoms with E-state index in [0.717, 1.165) is 0 Å². The lowest BCUT2D eigenvalue weighted by Gasteiger charge is -2.36. The van der Waals surface area contributed by atoms with Gasteiger partial charge in [0.05, 0.1) is 48.0 Å². The quantitative estimate of drug-likeness (QED) is 0.0260. The number of alkyl halides is 4. The number of carbonyl (C=O) groups excluding carboxylic acids is 1. The molecule has 23 atom stereocenters. The average molecular weight is 2200 g/mol. The van der Waals surface area contributed by atoms with Gasteiger partial charge in [0.25, 0.3) is 0 Å². The zero-order valence-electron chi connectivity index (χ0n) is 82.2. The first-order chi connectivity index (χ1) is 68.2. The van der Waals surface area contributed by atoms with Gasteiger partial charge in [0, 0.05) is 56.0 Å². The summed E-state index contributed by atoms with van der Waals surface area (Å²) in [6.07, 6.45) is -7.20. The molecule has 31 nitrogen and oxygen atoms in total. The fourth-order valence-corrected chi connectivity index (χ4v) is 23.0. The number of rotatable bonds is 21.